The van der Waals surface area contributed by atoms with Gasteiger partial charge in [0.25, 0.3) is 0 Å². The van der Waals surface area contributed by atoms with Gasteiger partial charge in [0.05, 0.1) is 23.5 Å². The van der Waals surface area contributed by atoms with E-state index in [0.29, 0.717) is 22.9 Å². The number of aromatic nitrogens is 1. The van der Waals surface area contributed by atoms with Crippen LogP contribution >= 0.6 is 11.3 Å². The van der Waals surface area contributed by atoms with Gasteiger partial charge in [-0.1, -0.05) is 12.1 Å². The number of benzene rings is 1. The van der Waals surface area contributed by atoms with Crippen molar-refractivity contribution in [2.24, 2.45) is 0 Å². The molecule has 1 aromatic heterocycles. The molecular formula is C22H29N3O4S. The van der Waals surface area contributed by atoms with Gasteiger partial charge in [0, 0.05) is 38.5 Å². The van der Waals surface area contributed by atoms with Crippen molar-refractivity contribution in [3.05, 3.63) is 46.5 Å². The zero-order chi connectivity index (χ0) is 21.7. The topological polar surface area (TPSA) is 72.0 Å². The number of hydrogen-bond donors (Lipinski definition) is 0. The smallest absolute Gasteiger partial charge is 0.338 e. The maximum Gasteiger partial charge on any atom is 0.338 e. The molecule has 1 aliphatic rings. The van der Waals surface area contributed by atoms with Crippen LogP contribution in [0.1, 0.15) is 49.3 Å². The van der Waals surface area contributed by atoms with Crippen LogP contribution in [0, 0.1) is 0 Å². The Bertz CT molecular complexity index is 858. The first-order valence-corrected chi connectivity index (χ1v) is 11.1. The van der Waals surface area contributed by atoms with E-state index in [1.807, 2.05) is 24.4 Å². The third kappa shape index (κ3) is 5.87. The molecule has 0 saturated carbocycles. The molecule has 162 valence electrons. The van der Waals surface area contributed by atoms with Crippen LogP contribution in [0.4, 0.5) is 5.13 Å². The highest BCUT2D eigenvalue weighted by Crippen LogP contribution is 2.21. The molecule has 2 aromatic rings. The van der Waals surface area contributed by atoms with Crippen LogP contribution in [0.15, 0.2) is 29.6 Å². The summed E-state index contributed by atoms with van der Waals surface area (Å²) in [5, 5.41) is 2.42. The van der Waals surface area contributed by atoms with Crippen molar-refractivity contribution in [2.45, 2.75) is 53.1 Å². The van der Waals surface area contributed by atoms with Crippen molar-refractivity contribution in [1.29, 1.82) is 0 Å². The van der Waals surface area contributed by atoms with Crippen LogP contribution in [0.25, 0.3) is 0 Å². The monoisotopic (exact) mass is 431 g/mol. The fourth-order valence-corrected chi connectivity index (χ4v) is 4.54. The van der Waals surface area contributed by atoms with Crippen molar-refractivity contribution in [1.82, 2.24) is 9.88 Å². The molecule has 0 radical (unpaired) electrons. The van der Waals surface area contributed by atoms with Crippen molar-refractivity contribution >= 4 is 28.3 Å². The molecule has 2 heterocycles. The molecule has 30 heavy (non-hydrogen) atoms. The van der Waals surface area contributed by atoms with Crippen LogP contribution in [-0.4, -0.2) is 53.6 Å². The highest BCUT2D eigenvalue weighted by molar-refractivity contribution is 7.14. The van der Waals surface area contributed by atoms with E-state index in [2.05, 4.69) is 23.7 Å². The number of thiazole rings is 1. The summed E-state index contributed by atoms with van der Waals surface area (Å²) in [6, 6.07) is 7.53. The molecule has 0 spiro atoms. The summed E-state index contributed by atoms with van der Waals surface area (Å²) >= 11 is 1.37. The van der Waals surface area contributed by atoms with Gasteiger partial charge >= 0.3 is 5.97 Å². The Hall–Kier alpha value is -2.29. The van der Waals surface area contributed by atoms with Crippen LogP contribution in [0.2, 0.25) is 0 Å². The summed E-state index contributed by atoms with van der Waals surface area (Å²) in [6.07, 6.45) is 0.461. The number of rotatable bonds is 7. The predicted molar refractivity (Wildman–Crippen MR) is 117 cm³/mol. The van der Waals surface area contributed by atoms with Crippen molar-refractivity contribution in [3.8, 4) is 0 Å². The molecule has 8 heteroatoms. The molecule has 1 amide bonds. The summed E-state index contributed by atoms with van der Waals surface area (Å²) in [6.45, 7) is 10.9. The van der Waals surface area contributed by atoms with Crippen LogP contribution in [0.3, 0.4) is 0 Å². The summed E-state index contributed by atoms with van der Waals surface area (Å²) in [7, 11) is 0. The van der Waals surface area contributed by atoms with Crippen molar-refractivity contribution in [3.63, 3.8) is 0 Å². The standard InChI is InChI=1S/C22H29N3O4S/c1-5-25(17(4)26)22-23-20(14-30-22)13-28-21(27)19-8-6-18(7-9-19)12-24-10-15(2)29-16(3)11-24/h6-9,14-16H,5,10-13H2,1-4H3. The second-order valence-electron chi connectivity index (χ2n) is 7.61. The lowest BCUT2D eigenvalue weighted by molar-refractivity contribution is -0.116. The molecule has 2 atom stereocenters. The molecule has 0 aliphatic carbocycles. The Morgan fingerprint density at radius 3 is 2.50 bits per heavy atom. The van der Waals surface area contributed by atoms with Gasteiger partial charge in [-0.3, -0.25) is 14.6 Å². The highest BCUT2D eigenvalue weighted by Gasteiger charge is 2.22. The number of nitrogens with zero attached hydrogens (tertiary/aromatic N) is 3. The third-order valence-corrected chi connectivity index (χ3v) is 5.82. The number of esters is 1. The van der Waals surface area contributed by atoms with Gasteiger partial charge in [-0.25, -0.2) is 9.78 Å². The maximum absolute atomic E-state index is 12.4. The summed E-state index contributed by atoms with van der Waals surface area (Å²) in [5.74, 6) is -0.444. The van der Waals surface area contributed by atoms with Crippen LogP contribution in [0.5, 0.6) is 0 Å². The minimum absolute atomic E-state index is 0.0588. The van der Waals surface area contributed by atoms with E-state index < -0.39 is 0 Å². The molecule has 1 aromatic carbocycles. The molecule has 7 nitrogen and oxygen atoms in total. The third-order valence-electron chi connectivity index (χ3n) is 4.91. The van der Waals surface area contributed by atoms with Crippen molar-refractivity contribution in [2.75, 3.05) is 24.5 Å². The lowest BCUT2D eigenvalue weighted by Crippen LogP contribution is -2.44. The zero-order valence-electron chi connectivity index (χ0n) is 18.0. The van der Waals surface area contributed by atoms with Gasteiger partial charge in [-0.05, 0) is 38.5 Å². The van der Waals surface area contributed by atoms with E-state index in [1.54, 1.807) is 17.0 Å². The Balaban J connectivity index is 1.52. The molecule has 2 unspecified atom stereocenters. The van der Waals surface area contributed by atoms with E-state index in [9.17, 15) is 9.59 Å². The molecular weight excluding hydrogens is 402 g/mol. The predicted octanol–water partition coefficient (Wildman–Crippen LogP) is 3.48. The van der Waals surface area contributed by atoms with Crippen molar-refractivity contribution < 1.29 is 19.1 Å². The first kappa shape index (κ1) is 22.4. The Morgan fingerprint density at radius 1 is 1.23 bits per heavy atom. The SMILES string of the molecule is CCN(C(C)=O)c1nc(COC(=O)c2ccc(CN3CC(C)OC(C)C3)cc2)cs1. The number of morpholine rings is 1. The normalized spacial score (nSPS) is 19.5. The zero-order valence-corrected chi connectivity index (χ0v) is 18.8. The average molecular weight is 432 g/mol. The molecule has 1 aliphatic heterocycles. The number of anilines is 1. The summed E-state index contributed by atoms with van der Waals surface area (Å²) in [4.78, 5) is 32.3. The van der Waals surface area contributed by atoms with E-state index in [1.165, 1.54) is 18.3 Å². The fourth-order valence-electron chi connectivity index (χ4n) is 3.62. The van der Waals surface area contributed by atoms with Gasteiger partial charge in [0.15, 0.2) is 5.13 Å². The molecule has 1 fully saturated rings. The molecule has 3 rings (SSSR count). The Morgan fingerprint density at radius 2 is 1.90 bits per heavy atom. The second kappa shape index (κ2) is 10.1. The Labute approximate surface area is 181 Å². The van der Waals surface area contributed by atoms with E-state index in [0.717, 1.165) is 25.2 Å². The maximum atomic E-state index is 12.4. The minimum Gasteiger partial charge on any atom is -0.456 e. The lowest BCUT2D eigenvalue weighted by Gasteiger charge is -2.35. The number of carbonyl (C=O) groups excluding carboxylic acids is 2. The minimum atomic E-state index is -0.386. The molecule has 0 bridgehead atoms. The number of ether oxygens (including phenoxy) is 2. The van der Waals surface area contributed by atoms with Gasteiger partial charge in [-0.2, -0.15) is 0 Å². The molecule has 1 saturated heterocycles. The summed E-state index contributed by atoms with van der Waals surface area (Å²) < 4.78 is 11.2. The van der Waals surface area contributed by atoms with Crippen LogP contribution in [-0.2, 0) is 27.4 Å². The van der Waals surface area contributed by atoms with E-state index in [-0.39, 0.29) is 30.7 Å². The van der Waals surface area contributed by atoms with Gasteiger partial charge in [-0.15, -0.1) is 11.3 Å². The summed E-state index contributed by atoms with van der Waals surface area (Å²) in [5.41, 5.74) is 2.30. The fraction of sp³-hybridized carbons (Fsp3) is 0.500. The van der Waals surface area contributed by atoms with E-state index in [4.69, 9.17) is 9.47 Å². The average Bonchev–Trinajstić information content (AvgIpc) is 3.14. The van der Waals surface area contributed by atoms with Gasteiger partial charge < -0.3 is 9.47 Å². The largest absolute Gasteiger partial charge is 0.456 e. The van der Waals surface area contributed by atoms with E-state index >= 15 is 0 Å². The van der Waals surface area contributed by atoms with Gasteiger partial charge in [0.1, 0.15) is 6.61 Å². The quantitative estimate of drug-likeness (QED) is 0.625. The second-order valence-corrected chi connectivity index (χ2v) is 8.45. The first-order valence-electron chi connectivity index (χ1n) is 10.2. The number of carbonyl (C=O) groups is 2. The van der Waals surface area contributed by atoms with Gasteiger partial charge in [0.2, 0.25) is 5.91 Å². The number of hydrogen-bond acceptors (Lipinski definition) is 7. The first-order chi connectivity index (χ1) is 14.4. The Kier molecular flexibility index (Phi) is 7.58. The lowest BCUT2D eigenvalue weighted by atomic mass is 10.1. The number of amides is 1. The van der Waals surface area contributed by atoms with Crippen LogP contribution < -0.4 is 4.90 Å². The highest BCUT2D eigenvalue weighted by atomic mass is 32.1. The molecule has 0 N–H and O–H groups in total.